The van der Waals surface area contributed by atoms with Crippen LogP contribution in [0.3, 0.4) is 0 Å². The Labute approximate surface area is 195 Å². The van der Waals surface area contributed by atoms with Crippen LogP contribution in [-0.2, 0) is 14.8 Å². The molecule has 4 aromatic rings. The molecule has 0 spiro atoms. The van der Waals surface area contributed by atoms with Gasteiger partial charge in [-0.2, -0.15) is 0 Å². The lowest BCUT2D eigenvalue weighted by Gasteiger charge is -2.08. The number of benzene rings is 2. The Bertz CT molecular complexity index is 1450. The van der Waals surface area contributed by atoms with E-state index >= 15 is 0 Å². The molecular formula is C23H18ClN5O3S. The third kappa shape index (κ3) is 4.50. The fourth-order valence-corrected chi connectivity index (χ4v) is 4.90. The average molecular weight is 480 g/mol. The van der Waals surface area contributed by atoms with Crippen LogP contribution in [0.1, 0.15) is 17.9 Å². The maximum atomic E-state index is 12.7. The molecule has 166 valence electrons. The molecule has 1 amide bonds. The van der Waals surface area contributed by atoms with Gasteiger partial charge in [0.25, 0.3) is 10.0 Å². The second kappa shape index (κ2) is 8.42. The van der Waals surface area contributed by atoms with Gasteiger partial charge in [-0.25, -0.2) is 23.1 Å². The van der Waals surface area contributed by atoms with E-state index in [4.69, 9.17) is 11.6 Å². The summed E-state index contributed by atoms with van der Waals surface area (Å²) in [6.07, 6.45) is 6.90. The van der Waals surface area contributed by atoms with Crippen LogP contribution >= 0.6 is 11.6 Å². The fraction of sp³-hybridized carbons (Fsp3) is 0.130. The van der Waals surface area contributed by atoms with Crippen LogP contribution < -0.4 is 10.0 Å². The maximum absolute atomic E-state index is 12.7. The third-order valence-corrected chi connectivity index (χ3v) is 7.16. The van der Waals surface area contributed by atoms with Gasteiger partial charge in [0.2, 0.25) is 11.9 Å². The highest BCUT2D eigenvalue weighted by Crippen LogP contribution is 2.48. The number of anilines is 2. The Morgan fingerprint density at radius 1 is 1.03 bits per heavy atom. The molecule has 0 radical (unpaired) electrons. The van der Waals surface area contributed by atoms with Gasteiger partial charge in [0, 0.05) is 47.2 Å². The lowest BCUT2D eigenvalue weighted by Crippen LogP contribution is -2.15. The topological polar surface area (TPSA) is 114 Å². The number of sulfonamides is 1. The van der Waals surface area contributed by atoms with Gasteiger partial charge in [-0.3, -0.25) is 9.78 Å². The number of carbonyl (C=O) groups excluding carboxylic acids is 1. The first-order valence-corrected chi connectivity index (χ1v) is 12.0. The number of aromatic nitrogens is 3. The summed E-state index contributed by atoms with van der Waals surface area (Å²) >= 11 is 6.20. The van der Waals surface area contributed by atoms with Crippen molar-refractivity contribution in [3.63, 3.8) is 0 Å². The summed E-state index contributed by atoms with van der Waals surface area (Å²) in [5.74, 6) is -0.205. The minimum Gasteiger partial charge on any atom is -0.326 e. The molecule has 1 fully saturated rings. The van der Waals surface area contributed by atoms with E-state index in [1.807, 2.05) is 18.2 Å². The molecule has 1 saturated carbocycles. The van der Waals surface area contributed by atoms with E-state index in [0.717, 1.165) is 16.3 Å². The summed E-state index contributed by atoms with van der Waals surface area (Å²) in [6.45, 7) is 0. The predicted octanol–water partition coefficient (Wildman–Crippen LogP) is 4.22. The van der Waals surface area contributed by atoms with Crippen LogP contribution in [-0.4, -0.2) is 29.3 Å². The number of nitrogens with zero attached hydrogens (tertiary/aromatic N) is 3. The summed E-state index contributed by atoms with van der Waals surface area (Å²) in [6, 6.07) is 13.6. The third-order valence-electron chi connectivity index (χ3n) is 5.52. The Kier molecular flexibility index (Phi) is 5.43. The van der Waals surface area contributed by atoms with Crippen LogP contribution in [0, 0.1) is 5.92 Å². The van der Waals surface area contributed by atoms with Gasteiger partial charge in [0.1, 0.15) is 0 Å². The molecule has 2 atom stereocenters. The number of halogens is 1. The minimum atomic E-state index is -3.80. The molecule has 2 aromatic carbocycles. The maximum Gasteiger partial charge on any atom is 0.264 e. The summed E-state index contributed by atoms with van der Waals surface area (Å²) in [5.41, 5.74) is 1.58. The highest BCUT2D eigenvalue weighted by molar-refractivity contribution is 7.92. The highest BCUT2D eigenvalue weighted by Gasteiger charge is 2.44. The van der Waals surface area contributed by atoms with Crippen LogP contribution in [0.4, 0.5) is 11.6 Å². The second-order valence-corrected chi connectivity index (χ2v) is 9.83. The largest absolute Gasteiger partial charge is 0.326 e. The smallest absolute Gasteiger partial charge is 0.264 e. The Morgan fingerprint density at radius 2 is 1.79 bits per heavy atom. The van der Waals surface area contributed by atoms with E-state index in [9.17, 15) is 13.2 Å². The van der Waals surface area contributed by atoms with Gasteiger partial charge in [0.05, 0.1) is 9.92 Å². The predicted molar refractivity (Wildman–Crippen MR) is 126 cm³/mol. The van der Waals surface area contributed by atoms with Crippen molar-refractivity contribution in [1.82, 2.24) is 15.0 Å². The molecule has 0 bridgehead atoms. The van der Waals surface area contributed by atoms with Crippen molar-refractivity contribution >= 4 is 49.9 Å². The van der Waals surface area contributed by atoms with Gasteiger partial charge >= 0.3 is 0 Å². The second-order valence-electron chi connectivity index (χ2n) is 7.74. The molecule has 1 aliphatic carbocycles. The number of amides is 1. The van der Waals surface area contributed by atoms with E-state index in [-0.39, 0.29) is 28.6 Å². The molecule has 1 unspecified atom stereocenters. The Hall–Kier alpha value is -3.56. The van der Waals surface area contributed by atoms with Crippen molar-refractivity contribution < 1.29 is 13.2 Å². The zero-order valence-electron chi connectivity index (χ0n) is 17.1. The zero-order valence-corrected chi connectivity index (χ0v) is 18.7. The van der Waals surface area contributed by atoms with Crippen molar-refractivity contribution in [3.8, 4) is 0 Å². The number of hydrogen-bond donors (Lipinski definition) is 2. The average Bonchev–Trinajstić information content (AvgIpc) is 3.61. The van der Waals surface area contributed by atoms with Crippen LogP contribution in [0.15, 0.2) is 78.2 Å². The Balaban J connectivity index is 1.25. The quantitative estimate of drug-likeness (QED) is 0.428. The lowest BCUT2D eigenvalue weighted by molar-refractivity contribution is -0.117. The number of rotatable bonds is 6. The van der Waals surface area contributed by atoms with E-state index in [1.54, 1.807) is 30.6 Å². The molecule has 1 aliphatic rings. The van der Waals surface area contributed by atoms with Crippen molar-refractivity contribution in [3.05, 3.63) is 83.9 Å². The molecule has 2 heterocycles. The van der Waals surface area contributed by atoms with Crippen molar-refractivity contribution in [2.45, 2.75) is 17.2 Å². The number of hydrogen-bond acceptors (Lipinski definition) is 6. The normalized spacial score (nSPS) is 17.5. The Morgan fingerprint density at radius 3 is 2.55 bits per heavy atom. The van der Waals surface area contributed by atoms with E-state index in [0.29, 0.717) is 17.1 Å². The van der Waals surface area contributed by atoms with Crippen molar-refractivity contribution in [1.29, 1.82) is 0 Å². The van der Waals surface area contributed by atoms with E-state index in [2.05, 4.69) is 25.0 Å². The van der Waals surface area contributed by atoms with Crippen molar-refractivity contribution in [2.24, 2.45) is 5.92 Å². The van der Waals surface area contributed by atoms with E-state index in [1.165, 1.54) is 24.5 Å². The molecule has 33 heavy (non-hydrogen) atoms. The first-order chi connectivity index (χ1) is 15.9. The standard InChI is InChI=1S/C23H18ClN5O3S/c24-21-13-25-12-15-2-5-16(10-19(15)21)28-22(30)20-11-18(20)14-3-6-17(7-4-14)33(31,32)29-23-26-8-1-9-27-23/h1-10,12-13,18,20H,11H2,(H,28,30)(H,26,27,29)/t18?,20-/m1/s1. The first-order valence-electron chi connectivity index (χ1n) is 10.1. The van der Waals surface area contributed by atoms with Gasteiger partial charge in [-0.15, -0.1) is 0 Å². The molecule has 5 rings (SSSR count). The van der Waals surface area contributed by atoms with Gasteiger partial charge < -0.3 is 5.32 Å². The summed E-state index contributed by atoms with van der Waals surface area (Å²) in [4.78, 5) is 24.6. The van der Waals surface area contributed by atoms with Gasteiger partial charge in [0.15, 0.2) is 0 Å². The van der Waals surface area contributed by atoms with Gasteiger partial charge in [-0.05, 0) is 48.2 Å². The number of carbonyl (C=O) groups is 1. The van der Waals surface area contributed by atoms with Gasteiger partial charge in [-0.1, -0.05) is 29.8 Å². The minimum absolute atomic E-state index is 0.00625. The number of nitrogens with one attached hydrogen (secondary N) is 2. The zero-order chi connectivity index (χ0) is 23.0. The monoisotopic (exact) mass is 479 g/mol. The molecule has 0 saturated heterocycles. The van der Waals surface area contributed by atoms with Crippen molar-refractivity contribution in [2.75, 3.05) is 10.0 Å². The van der Waals surface area contributed by atoms with E-state index < -0.39 is 10.0 Å². The molecule has 0 aliphatic heterocycles. The molecule has 8 nitrogen and oxygen atoms in total. The molecule has 2 N–H and O–H groups in total. The number of fused-ring (bicyclic) bond motifs is 1. The molecular weight excluding hydrogens is 462 g/mol. The first kappa shape index (κ1) is 21.3. The molecule has 2 aromatic heterocycles. The fourth-order valence-electron chi connectivity index (χ4n) is 3.72. The van der Waals surface area contributed by atoms with Crippen LogP contribution in [0.5, 0.6) is 0 Å². The highest BCUT2D eigenvalue weighted by atomic mass is 35.5. The number of pyridine rings is 1. The van der Waals surface area contributed by atoms with Crippen LogP contribution in [0.2, 0.25) is 5.02 Å². The SMILES string of the molecule is O=C(Nc1ccc2cncc(Cl)c2c1)[C@@H]1CC1c1ccc(S(=O)(=O)Nc2ncccn2)cc1. The summed E-state index contributed by atoms with van der Waals surface area (Å²) in [7, 11) is -3.80. The summed E-state index contributed by atoms with van der Waals surface area (Å²) in [5, 5.41) is 5.19. The lowest BCUT2D eigenvalue weighted by atomic mass is 10.1. The van der Waals surface area contributed by atoms with Crippen LogP contribution in [0.25, 0.3) is 10.8 Å². The summed E-state index contributed by atoms with van der Waals surface area (Å²) < 4.78 is 27.4. The molecule has 10 heteroatoms.